The van der Waals surface area contributed by atoms with E-state index in [4.69, 9.17) is 21.1 Å². The Morgan fingerprint density at radius 3 is 2.53 bits per heavy atom. The molecule has 2 heterocycles. The molecule has 6 nitrogen and oxygen atoms in total. The first-order chi connectivity index (χ1) is 17.2. The second-order valence-electron chi connectivity index (χ2n) is 7.77. The van der Waals surface area contributed by atoms with Crippen LogP contribution in [0.4, 0.5) is 0 Å². The fourth-order valence-electron chi connectivity index (χ4n) is 3.85. The van der Waals surface area contributed by atoms with E-state index < -0.39 is 12.0 Å². The summed E-state index contributed by atoms with van der Waals surface area (Å²) < 4.78 is 14.5. The van der Waals surface area contributed by atoms with Gasteiger partial charge in [-0.05, 0) is 87.2 Å². The van der Waals surface area contributed by atoms with E-state index in [1.165, 1.54) is 11.3 Å². The van der Waals surface area contributed by atoms with Crippen LogP contribution >= 0.6 is 54.8 Å². The third-order valence-electron chi connectivity index (χ3n) is 5.37. The summed E-state index contributed by atoms with van der Waals surface area (Å²) in [7, 11) is 0. The van der Waals surface area contributed by atoms with Crippen LogP contribution in [-0.2, 0) is 9.53 Å². The Morgan fingerprint density at radius 1 is 1.25 bits per heavy atom. The molecule has 10 heteroatoms. The highest BCUT2D eigenvalue weighted by Gasteiger charge is 2.33. The highest BCUT2D eigenvalue weighted by atomic mass is 79.9. The summed E-state index contributed by atoms with van der Waals surface area (Å²) in [5, 5.41) is 0.557. The van der Waals surface area contributed by atoms with E-state index in [0.29, 0.717) is 38.0 Å². The lowest BCUT2D eigenvalue weighted by molar-refractivity contribution is -0.139. The summed E-state index contributed by atoms with van der Waals surface area (Å²) in [6.07, 6.45) is 3.45. The standard InChI is InChI=1S/C26H21Br2ClN2O4S/c1-4-10-35-23-18(27)11-15(12-19(23)28)13-20-24(32)31-22(16-6-8-17(29)9-7-16)21(25(33)34-5-2)14(3)30-26(31)36-20/h4,6-9,11-13,22H,1,5,10H2,2-3H3/b20-13-/t22-/m0/s1. The maximum atomic E-state index is 13.7. The van der Waals surface area contributed by atoms with E-state index in [0.717, 1.165) is 20.1 Å². The second kappa shape index (κ2) is 11.3. The Morgan fingerprint density at radius 2 is 1.92 bits per heavy atom. The smallest absolute Gasteiger partial charge is 0.338 e. The lowest BCUT2D eigenvalue weighted by Crippen LogP contribution is -2.39. The predicted molar refractivity (Wildman–Crippen MR) is 149 cm³/mol. The quantitative estimate of drug-likeness (QED) is 0.248. The van der Waals surface area contributed by atoms with Gasteiger partial charge in [0.1, 0.15) is 12.4 Å². The molecule has 0 radical (unpaired) electrons. The van der Waals surface area contributed by atoms with E-state index in [1.807, 2.05) is 12.1 Å². The van der Waals surface area contributed by atoms with Gasteiger partial charge in [0, 0.05) is 5.02 Å². The van der Waals surface area contributed by atoms with Crippen LogP contribution in [0, 0.1) is 0 Å². The molecule has 0 unspecified atom stereocenters. The topological polar surface area (TPSA) is 69.9 Å². The highest BCUT2D eigenvalue weighted by molar-refractivity contribution is 9.11. The van der Waals surface area contributed by atoms with Crippen LogP contribution in [0.2, 0.25) is 5.02 Å². The molecule has 2 aromatic carbocycles. The van der Waals surface area contributed by atoms with Crippen molar-refractivity contribution in [2.75, 3.05) is 13.2 Å². The fourth-order valence-corrected chi connectivity index (χ4v) is 6.47. The van der Waals surface area contributed by atoms with E-state index >= 15 is 0 Å². The zero-order valence-electron chi connectivity index (χ0n) is 19.4. The van der Waals surface area contributed by atoms with Gasteiger partial charge in [0.25, 0.3) is 5.56 Å². The molecule has 0 fully saturated rings. The van der Waals surface area contributed by atoms with Gasteiger partial charge in [0.2, 0.25) is 0 Å². The number of esters is 1. The zero-order valence-corrected chi connectivity index (χ0v) is 24.1. The molecule has 4 rings (SSSR count). The normalized spacial score (nSPS) is 15.4. The van der Waals surface area contributed by atoms with E-state index in [9.17, 15) is 9.59 Å². The fraction of sp³-hybridized carbons (Fsp3) is 0.192. The Bertz CT molecular complexity index is 1530. The molecular formula is C26H21Br2ClN2O4S. The van der Waals surface area contributed by atoms with Crippen LogP contribution in [0.3, 0.4) is 0 Å². The minimum atomic E-state index is -0.687. The van der Waals surface area contributed by atoms with Crippen molar-refractivity contribution in [3.63, 3.8) is 0 Å². The Hall–Kier alpha value is -2.46. The van der Waals surface area contributed by atoms with Crippen molar-refractivity contribution < 1.29 is 14.3 Å². The number of thiazole rings is 1. The number of nitrogens with zero attached hydrogens (tertiary/aromatic N) is 2. The average Bonchev–Trinajstić information content (AvgIpc) is 3.12. The van der Waals surface area contributed by atoms with Gasteiger partial charge in [-0.3, -0.25) is 9.36 Å². The summed E-state index contributed by atoms with van der Waals surface area (Å²) >= 11 is 14.4. The minimum absolute atomic E-state index is 0.212. The number of hydrogen-bond donors (Lipinski definition) is 0. The van der Waals surface area contributed by atoms with Crippen LogP contribution in [0.1, 0.15) is 31.0 Å². The Labute approximate surface area is 233 Å². The van der Waals surface area contributed by atoms with Crippen molar-refractivity contribution >= 4 is 66.8 Å². The number of fused-ring (bicyclic) bond motifs is 1. The first kappa shape index (κ1) is 26.6. The zero-order chi connectivity index (χ0) is 26.0. The molecule has 186 valence electrons. The molecule has 1 aromatic heterocycles. The first-order valence-corrected chi connectivity index (χ1v) is 13.7. The Kier molecular flexibility index (Phi) is 8.34. The van der Waals surface area contributed by atoms with Gasteiger partial charge in [0.15, 0.2) is 4.80 Å². The SMILES string of the molecule is C=CCOc1c(Br)cc(/C=c2\sc3n(c2=O)[C@@H](c2ccc(Cl)cc2)C(C(=O)OCC)=C(C)N=3)cc1Br. The number of carbonyl (C=O) groups excluding carboxylic acids is 1. The summed E-state index contributed by atoms with van der Waals surface area (Å²) in [5.74, 6) is 0.141. The molecule has 0 aliphatic carbocycles. The maximum Gasteiger partial charge on any atom is 0.338 e. The molecule has 0 bridgehead atoms. The van der Waals surface area contributed by atoms with E-state index in [-0.39, 0.29) is 12.2 Å². The molecule has 1 atom stereocenters. The third-order valence-corrected chi connectivity index (χ3v) is 7.78. The number of carbonyl (C=O) groups is 1. The molecule has 3 aromatic rings. The number of ether oxygens (including phenoxy) is 2. The van der Waals surface area contributed by atoms with Gasteiger partial charge < -0.3 is 9.47 Å². The summed E-state index contributed by atoms with van der Waals surface area (Å²) in [6.45, 7) is 7.74. The molecule has 1 aliphatic rings. The molecule has 0 spiro atoms. The monoisotopic (exact) mass is 650 g/mol. The summed E-state index contributed by atoms with van der Waals surface area (Å²) in [4.78, 5) is 31.7. The predicted octanol–water partition coefficient (Wildman–Crippen LogP) is 5.54. The van der Waals surface area contributed by atoms with Crippen molar-refractivity contribution in [2.45, 2.75) is 19.9 Å². The van der Waals surface area contributed by atoms with E-state index in [1.54, 1.807) is 54.8 Å². The lowest BCUT2D eigenvalue weighted by atomic mass is 9.96. The van der Waals surface area contributed by atoms with Crippen LogP contribution in [0.25, 0.3) is 6.08 Å². The van der Waals surface area contributed by atoms with Gasteiger partial charge in [-0.15, -0.1) is 0 Å². The van der Waals surface area contributed by atoms with Gasteiger partial charge in [-0.2, -0.15) is 0 Å². The summed E-state index contributed by atoms with van der Waals surface area (Å²) in [5.41, 5.74) is 2.10. The number of rotatable bonds is 7. The number of hydrogen-bond acceptors (Lipinski definition) is 6. The Balaban J connectivity index is 1.89. The first-order valence-electron chi connectivity index (χ1n) is 10.9. The maximum absolute atomic E-state index is 13.7. The third kappa shape index (κ3) is 5.29. The number of allylic oxidation sites excluding steroid dienone is 1. The molecule has 0 saturated carbocycles. The highest BCUT2D eigenvalue weighted by Crippen LogP contribution is 2.35. The number of halogens is 3. The van der Waals surface area contributed by atoms with Crippen LogP contribution < -0.4 is 19.6 Å². The lowest BCUT2D eigenvalue weighted by Gasteiger charge is -2.24. The van der Waals surface area contributed by atoms with Crippen molar-refractivity contribution in [3.8, 4) is 5.75 Å². The van der Waals surface area contributed by atoms with Crippen LogP contribution in [0.5, 0.6) is 5.75 Å². The van der Waals surface area contributed by atoms with Gasteiger partial charge in [-0.1, -0.05) is 47.7 Å². The van der Waals surface area contributed by atoms with Crippen molar-refractivity contribution in [1.29, 1.82) is 0 Å². The number of benzene rings is 2. The van der Waals surface area contributed by atoms with Gasteiger partial charge in [-0.25, -0.2) is 9.79 Å². The van der Waals surface area contributed by atoms with Crippen molar-refractivity contribution in [2.24, 2.45) is 4.99 Å². The second-order valence-corrected chi connectivity index (χ2v) is 10.9. The molecule has 0 N–H and O–H groups in total. The largest absolute Gasteiger partial charge is 0.487 e. The molecule has 1 aliphatic heterocycles. The van der Waals surface area contributed by atoms with Gasteiger partial charge >= 0.3 is 5.97 Å². The van der Waals surface area contributed by atoms with Crippen molar-refractivity contribution in [1.82, 2.24) is 4.57 Å². The van der Waals surface area contributed by atoms with Gasteiger partial charge in [0.05, 0.1) is 37.4 Å². The average molecular weight is 653 g/mol. The van der Waals surface area contributed by atoms with Crippen molar-refractivity contribution in [3.05, 3.63) is 105 Å². The van der Waals surface area contributed by atoms with Crippen LogP contribution in [0.15, 0.2) is 79.1 Å². The molecule has 36 heavy (non-hydrogen) atoms. The number of aromatic nitrogens is 1. The molecule has 0 amide bonds. The molecule has 0 saturated heterocycles. The van der Waals surface area contributed by atoms with Crippen LogP contribution in [-0.4, -0.2) is 23.8 Å². The molecular weight excluding hydrogens is 632 g/mol. The minimum Gasteiger partial charge on any atom is -0.487 e. The summed E-state index contributed by atoms with van der Waals surface area (Å²) in [6, 6.07) is 10.1. The van der Waals surface area contributed by atoms with E-state index in [2.05, 4.69) is 43.4 Å².